The van der Waals surface area contributed by atoms with E-state index in [-0.39, 0.29) is 11.9 Å². The maximum Gasteiger partial charge on any atom is 0.272 e. The molecule has 1 aromatic carbocycles. The van der Waals surface area contributed by atoms with Gasteiger partial charge in [-0.15, -0.1) is 11.3 Å². The SMILES string of the molecule is Cc1ccccc1NC(=O)c1cc2sccc2n1C(C)C. The third-order valence-corrected chi connectivity index (χ3v) is 4.46. The average molecular weight is 298 g/mol. The van der Waals surface area contributed by atoms with E-state index in [2.05, 4.69) is 35.2 Å². The highest BCUT2D eigenvalue weighted by Crippen LogP contribution is 2.29. The number of para-hydroxylation sites is 1. The first kappa shape index (κ1) is 13.9. The minimum atomic E-state index is -0.0543. The molecule has 2 heterocycles. The molecule has 3 aromatic rings. The molecule has 3 rings (SSSR count). The number of benzene rings is 1. The molecule has 0 fully saturated rings. The molecule has 0 spiro atoms. The van der Waals surface area contributed by atoms with Gasteiger partial charge >= 0.3 is 0 Å². The van der Waals surface area contributed by atoms with Gasteiger partial charge in [0, 0.05) is 11.7 Å². The Balaban J connectivity index is 2.00. The largest absolute Gasteiger partial charge is 0.333 e. The van der Waals surface area contributed by atoms with Crippen molar-refractivity contribution < 1.29 is 4.79 Å². The molecular formula is C17H18N2OS. The number of thiophene rings is 1. The van der Waals surface area contributed by atoms with Crippen LogP contribution in [0.3, 0.4) is 0 Å². The minimum absolute atomic E-state index is 0.0543. The highest BCUT2D eigenvalue weighted by Gasteiger charge is 2.18. The van der Waals surface area contributed by atoms with Gasteiger partial charge in [0.05, 0.1) is 10.2 Å². The Hall–Kier alpha value is -2.07. The normalized spacial score (nSPS) is 11.2. The van der Waals surface area contributed by atoms with Crippen molar-refractivity contribution in [2.45, 2.75) is 26.8 Å². The van der Waals surface area contributed by atoms with Gasteiger partial charge in [0.25, 0.3) is 5.91 Å². The summed E-state index contributed by atoms with van der Waals surface area (Å²) in [6.07, 6.45) is 0. The summed E-state index contributed by atoms with van der Waals surface area (Å²) < 4.78 is 3.25. The van der Waals surface area contributed by atoms with E-state index in [9.17, 15) is 4.79 Å². The van der Waals surface area contributed by atoms with Gasteiger partial charge in [0.1, 0.15) is 5.69 Å². The Morgan fingerprint density at radius 1 is 1.24 bits per heavy atom. The molecule has 0 aliphatic rings. The van der Waals surface area contributed by atoms with Crippen LogP contribution in [0.5, 0.6) is 0 Å². The Bertz CT molecular complexity index is 798. The molecule has 0 aliphatic heterocycles. The summed E-state index contributed by atoms with van der Waals surface area (Å²) in [4.78, 5) is 12.6. The number of carbonyl (C=O) groups excluding carboxylic acids is 1. The number of nitrogens with zero attached hydrogens (tertiary/aromatic N) is 1. The molecule has 0 saturated carbocycles. The van der Waals surface area contributed by atoms with Crippen molar-refractivity contribution >= 4 is 33.1 Å². The van der Waals surface area contributed by atoms with Gasteiger partial charge in [-0.3, -0.25) is 4.79 Å². The van der Waals surface area contributed by atoms with Crippen LogP contribution in [0.2, 0.25) is 0 Å². The molecule has 108 valence electrons. The smallest absolute Gasteiger partial charge is 0.272 e. The first-order chi connectivity index (χ1) is 10.1. The Morgan fingerprint density at radius 2 is 2.00 bits per heavy atom. The molecule has 1 amide bonds. The van der Waals surface area contributed by atoms with Crippen LogP contribution in [-0.4, -0.2) is 10.5 Å². The number of amides is 1. The lowest BCUT2D eigenvalue weighted by Crippen LogP contribution is -2.18. The summed E-state index contributed by atoms with van der Waals surface area (Å²) >= 11 is 1.67. The summed E-state index contributed by atoms with van der Waals surface area (Å²) in [5.41, 5.74) is 3.78. The molecular weight excluding hydrogens is 280 g/mol. The second-order valence-corrected chi connectivity index (χ2v) is 6.38. The van der Waals surface area contributed by atoms with Crippen molar-refractivity contribution in [2.75, 3.05) is 5.32 Å². The van der Waals surface area contributed by atoms with E-state index in [1.165, 1.54) is 0 Å². The van der Waals surface area contributed by atoms with Crippen LogP contribution < -0.4 is 5.32 Å². The topological polar surface area (TPSA) is 34.0 Å². The van der Waals surface area contributed by atoms with E-state index in [0.717, 1.165) is 27.2 Å². The van der Waals surface area contributed by atoms with Crippen LogP contribution in [0.4, 0.5) is 5.69 Å². The molecule has 0 atom stereocenters. The summed E-state index contributed by atoms with van der Waals surface area (Å²) in [6, 6.07) is 12.1. The number of nitrogens with one attached hydrogen (secondary N) is 1. The van der Waals surface area contributed by atoms with Crippen molar-refractivity contribution in [1.29, 1.82) is 0 Å². The van der Waals surface area contributed by atoms with Crippen molar-refractivity contribution in [3.8, 4) is 0 Å². The third kappa shape index (κ3) is 2.47. The zero-order chi connectivity index (χ0) is 15.0. The molecule has 21 heavy (non-hydrogen) atoms. The molecule has 4 heteroatoms. The number of aromatic nitrogens is 1. The zero-order valence-corrected chi connectivity index (χ0v) is 13.2. The molecule has 0 bridgehead atoms. The van der Waals surface area contributed by atoms with Gasteiger partial charge in [-0.05, 0) is 49.9 Å². The second kappa shape index (κ2) is 5.37. The first-order valence-electron chi connectivity index (χ1n) is 7.03. The number of rotatable bonds is 3. The standard InChI is InChI=1S/C17H18N2OS/c1-11(2)19-14-8-9-21-16(14)10-15(19)17(20)18-13-7-5-4-6-12(13)3/h4-11H,1-3H3,(H,18,20). The number of hydrogen-bond donors (Lipinski definition) is 1. The van der Waals surface area contributed by atoms with E-state index < -0.39 is 0 Å². The number of fused-ring (bicyclic) bond motifs is 1. The Kier molecular flexibility index (Phi) is 3.55. The van der Waals surface area contributed by atoms with E-state index in [0.29, 0.717) is 0 Å². The molecule has 0 radical (unpaired) electrons. The Morgan fingerprint density at radius 3 is 2.71 bits per heavy atom. The highest BCUT2D eigenvalue weighted by molar-refractivity contribution is 7.17. The number of anilines is 1. The average Bonchev–Trinajstić information content (AvgIpc) is 3.00. The Labute approximate surface area is 128 Å². The third-order valence-electron chi connectivity index (χ3n) is 3.60. The summed E-state index contributed by atoms with van der Waals surface area (Å²) in [7, 11) is 0. The van der Waals surface area contributed by atoms with Crippen LogP contribution >= 0.6 is 11.3 Å². The van der Waals surface area contributed by atoms with Crippen LogP contribution in [-0.2, 0) is 0 Å². The molecule has 2 aromatic heterocycles. The summed E-state index contributed by atoms with van der Waals surface area (Å²) in [6.45, 7) is 6.19. The predicted molar refractivity (Wildman–Crippen MR) is 89.3 cm³/mol. The van der Waals surface area contributed by atoms with Crippen LogP contribution in [0.15, 0.2) is 41.8 Å². The maximum absolute atomic E-state index is 12.6. The number of hydrogen-bond acceptors (Lipinski definition) is 2. The fourth-order valence-electron chi connectivity index (χ4n) is 2.58. The van der Waals surface area contributed by atoms with E-state index in [4.69, 9.17) is 0 Å². The minimum Gasteiger partial charge on any atom is -0.333 e. The monoisotopic (exact) mass is 298 g/mol. The zero-order valence-electron chi connectivity index (χ0n) is 12.4. The summed E-state index contributed by atoms with van der Waals surface area (Å²) in [5.74, 6) is -0.0543. The van der Waals surface area contributed by atoms with E-state index in [1.807, 2.05) is 37.3 Å². The van der Waals surface area contributed by atoms with Crippen molar-refractivity contribution in [3.05, 3.63) is 53.0 Å². The van der Waals surface area contributed by atoms with Gasteiger partial charge in [0.2, 0.25) is 0 Å². The number of aryl methyl sites for hydroxylation is 1. The molecule has 1 N–H and O–H groups in total. The lowest BCUT2D eigenvalue weighted by atomic mass is 10.2. The first-order valence-corrected chi connectivity index (χ1v) is 7.91. The van der Waals surface area contributed by atoms with Crippen LogP contribution in [0, 0.1) is 6.92 Å². The second-order valence-electron chi connectivity index (χ2n) is 5.43. The maximum atomic E-state index is 12.6. The quantitative estimate of drug-likeness (QED) is 0.737. The lowest BCUT2D eigenvalue weighted by Gasteiger charge is -2.14. The number of carbonyl (C=O) groups is 1. The fraction of sp³-hybridized carbons (Fsp3) is 0.235. The van der Waals surface area contributed by atoms with Gasteiger partial charge < -0.3 is 9.88 Å². The van der Waals surface area contributed by atoms with Crippen molar-refractivity contribution in [2.24, 2.45) is 0 Å². The van der Waals surface area contributed by atoms with Gasteiger partial charge in [-0.25, -0.2) is 0 Å². The predicted octanol–water partition coefficient (Wildman–Crippen LogP) is 4.84. The molecule has 0 aliphatic carbocycles. The molecule has 0 saturated heterocycles. The van der Waals surface area contributed by atoms with Crippen molar-refractivity contribution in [1.82, 2.24) is 4.57 Å². The molecule has 3 nitrogen and oxygen atoms in total. The molecule has 0 unspecified atom stereocenters. The van der Waals surface area contributed by atoms with E-state index in [1.54, 1.807) is 11.3 Å². The van der Waals surface area contributed by atoms with Crippen LogP contribution in [0.25, 0.3) is 10.2 Å². The van der Waals surface area contributed by atoms with E-state index >= 15 is 0 Å². The fourth-order valence-corrected chi connectivity index (χ4v) is 3.39. The highest BCUT2D eigenvalue weighted by atomic mass is 32.1. The summed E-state index contributed by atoms with van der Waals surface area (Å²) in [5, 5.41) is 5.08. The lowest BCUT2D eigenvalue weighted by molar-refractivity contribution is 0.101. The van der Waals surface area contributed by atoms with Gasteiger partial charge in [0.15, 0.2) is 0 Å². The van der Waals surface area contributed by atoms with Gasteiger partial charge in [-0.2, -0.15) is 0 Å². The van der Waals surface area contributed by atoms with Crippen molar-refractivity contribution in [3.63, 3.8) is 0 Å². The van der Waals surface area contributed by atoms with Crippen LogP contribution in [0.1, 0.15) is 35.9 Å². The van der Waals surface area contributed by atoms with Gasteiger partial charge in [-0.1, -0.05) is 18.2 Å².